The second-order valence-corrected chi connectivity index (χ2v) is 4.74. The molecule has 3 aromatic rings. The molecule has 0 spiro atoms. The average Bonchev–Trinajstić information content (AvgIpc) is 2.85. The van der Waals surface area contributed by atoms with Gasteiger partial charge in [-0.05, 0) is 18.2 Å². The first-order chi connectivity index (χ1) is 9.65. The molecule has 0 aliphatic rings. The Kier molecular flexibility index (Phi) is 3.16. The van der Waals surface area contributed by atoms with Crippen molar-refractivity contribution in [2.24, 2.45) is 0 Å². The van der Waals surface area contributed by atoms with Crippen LogP contribution in [0.3, 0.4) is 0 Å². The Bertz CT molecular complexity index is 753. The molecule has 0 amide bonds. The summed E-state index contributed by atoms with van der Waals surface area (Å²) in [6, 6.07) is 15.8. The normalized spacial score (nSPS) is 10.7. The van der Waals surface area contributed by atoms with E-state index in [0.717, 1.165) is 11.3 Å². The third-order valence-electron chi connectivity index (χ3n) is 2.95. The zero-order valence-corrected chi connectivity index (χ0v) is 11.2. The fourth-order valence-corrected chi connectivity index (χ4v) is 2.14. The number of rotatable bonds is 2. The largest absolute Gasteiger partial charge is 0.384 e. The lowest BCUT2D eigenvalue weighted by molar-refractivity contribution is 0.627. The zero-order chi connectivity index (χ0) is 14.1. The molecule has 3 rings (SSSR count). The van der Waals surface area contributed by atoms with Crippen molar-refractivity contribution < 1.29 is 4.39 Å². The number of halogens is 2. The third kappa shape index (κ3) is 2.26. The van der Waals surface area contributed by atoms with E-state index in [1.807, 2.05) is 30.3 Å². The van der Waals surface area contributed by atoms with Crippen LogP contribution in [0.15, 0.2) is 54.6 Å². The Morgan fingerprint density at radius 1 is 1.05 bits per heavy atom. The van der Waals surface area contributed by atoms with E-state index in [0.29, 0.717) is 11.5 Å². The van der Waals surface area contributed by atoms with Gasteiger partial charge in [-0.25, -0.2) is 9.07 Å². The molecular weight excluding hydrogens is 277 g/mol. The fourth-order valence-electron chi connectivity index (χ4n) is 1.97. The third-order valence-corrected chi connectivity index (χ3v) is 3.24. The Morgan fingerprint density at radius 3 is 2.50 bits per heavy atom. The lowest BCUT2D eigenvalue weighted by atomic mass is 10.2. The van der Waals surface area contributed by atoms with Gasteiger partial charge in [-0.2, -0.15) is 5.10 Å². The van der Waals surface area contributed by atoms with Gasteiger partial charge in [0.2, 0.25) is 0 Å². The SMILES string of the molecule is Nc1cc(-c2ccccc2)nn1-c1ccc(F)c(Cl)c1. The van der Waals surface area contributed by atoms with E-state index in [1.165, 1.54) is 16.8 Å². The first kappa shape index (κ1) is 12.7. The lowest BCUT2D eigenvalue weighted by Crippen LogP contribution is -2.01. The molecule has 1 aromatic heterocycles. The number of benzene rings is 2. The van der Waals surface area contributed by atoms with Gasteiger partial charge in [-0.15, -0.1) is 0 Å². The summed E-state index contributed by atoms with van der Waals surface area (Å²) in [5.41, 5.74) is 8.30. The van der Waals surface area contributed by atoms with Crippen LogP contribution < -0.4 is 5.73 Å². The molecule has 0 aliphatic heterocycles. The summed E-state index contributed by atoms with van der Waals surface area (Å²) >= 11 is 5.78. The molecule has 1 heterocycles. The second-order valence-electron chi connectivity index (χ2n) is 4.33. The fraction of sp³-hybridized carbons (Fsp3) is 0. The number of nitrogens with two attached hydrogens (primary N) is 1. The number of hydrogen-bond donors (Lipinski definition) is 1. The molecular formula is C15H11ClFN3. The zero-order valence-electron chi connectivity index (χ0n) is 10.4. The molecule has 0 saturated carbocycles. The van der Waals surface area contributed by atoms with Crippen molar-refractivity contribution in [3.05, 3.63) is 65.4 Å². The van der Waals surface area contributed by atoms with Gasteiger partial charge in [-0.1, -0.05) is 41.9 Å². The molecule has 20 heavy (non-hydrogen) atoms. The highest BCUT2D eigenvalue weighted by molar-refractivity contribution is 6.30. The van der Waals surface area contributed by atoms with Crippen molar-refractivity contribution in [2.45, 2.75) is 0 Å². The van der Waals surface area contributed by atoms with Crippen molar-refractivity contribution in [1.29, 1.82) is 0 Å². The van der Waals surface area contributed by atoms with Gasteiger partial charge in [0.1, 0.15) is 11.6 Å². The van der Waals surface area contributed by atoms with Gasteiger partial charge in [0.15, 0.2) is 0 Å². The minimum Gasteiger partial charge on any atom is -0.384 e. The summed E-state index contributed by atoms with van der Waals surface area (Å²) in [5, 5.41) is 4.47. The number of nitrogen functional groups attached to an aromatic ring is 1. The molecule has 0 atom stereocenters. The van der Waals surface area contributed by atoms with Crippen LogP contribution in [0.4, 0.5) is 10.2 Å². The van der Waals surface area contributed by atoms with E-state index >= 15 is 0 Å². The van der Waals surface area contributed by atoms with Crippen LogP contribution in [0, 0.1) is 5.82 Å². The van der Waals surface area contributed by atoms with Gasteiger partial charge in [0.25, 0.3) is 0 Å². The monoisotopic (exact) mass is 287 g/mol. The predicted molar refractivity (Wildman–Crippen MR) is 78.4 cm³/mol. The van der Waals surface area contributed by atoms with Gasteiger partial charge >= 0.3 is 0 Å². The highest BCUT2D eigenvalue weighted by atomic mass is 35.5. The minimum atomic E-state index is -0.468. The molecule has 2 aromatic carbocycles. The smallest absolute Gasteiger partial charge is 0.141 e. The summed E-state index contributed by atoms with van der Waals surface area (Å²) in [7, 11) is 0. The molecule has 2 N–H and O–H groups in total. The van der Waals surface area contributed by atoms with E-state index in [2.05, 4.69) is 5.10 Å². The molecule has 0 unspecified atom stereocenters. The van der Waals surface area contributed by atoms with Gasteiger partial charge in [0.05, 0.1) is 16.4 Å². The van der Waals surface area contributed by atoms with Gasteiger partial charge < -0.3 is 5.73 Å². The van der Waals surface area contributed by atoms with Crippen molar-refractivity contribution in [1.82, 2.24) is 9.78 Å². The maximum Gasteiger partial charge on any atom is 0.141 e. The average molecular weight is 288 g/mol. The second kappa shape index (κ2) is 4.98. The van der Waals surface area contributed by atoms with E-state index in [1.54, 1.807) is 12.1 Å². The van der Waals surface area contributed by atoms with Crippen LogP contribution in [0.5, 0.6) is 0 Å². The Balaban J connectivity index is 2.07. The van der Waals surface area contributed by atoms with E-state index in [4.69, 9.17) is 17.3 Å². The molecule has 3 nitrogen and oxygen atoms in total. The lowest BCUT2D eigenvalue weighted by Gasteiger charge is -2.04. The van der Waals surface area contributed by atoms with Crippen LogP contribution >= 0.6 is 11.6 Å². The number of nitrogens with zero attached hydrogens (tertiary/aromatic N) is 2. The summed E-state index contributed by atoms with van der Waals surface area (Å²) < 4.78 is 14.7. The van der Waals surface area contributed by atoms with Crippen molar-refractivity contribution in [3.63, 3.8) is 0 Å². The number of hydrogen-bond acceptors (Lipinski definition) is 2. The van der Waals surface area contributed by atoms with Crippen LogP contribution in [0.1, 0.15) is 0 Å². The van der Waals surface area contributed by atoms with Gasteiger partial charge in [-0.3, -0.25) is 0 Å². The summed E-state index contributed by atoms with van der Waals surface area (Å²) in [4.78, 5) is 0. The van der Waals surface area contributed by atoms with Crippen molar-refractivity contribution in [2.75, 3.05) is 5.73 Å². The van der Waals surface area contributed by atoms with Crippen LogP contribution in [-0.4, -0.2) is 9.78 Å². The first-order valence-corrected chi connectivity index (χ1v) is 6.39. The van der Waals surface area contributed by atoms with Gasteiger partial charge in [0, 0.05) is 11.6 Å². The topological polar surface area (TPSA) is 43.8 Å². The Morgan fingerprint density at radius 2 is 1.80 bits per heavy atom. The number of anilines is 1. The molecule has 0 radical (unpaired) electrons. The highest BCUT2D eigenvalue weighted by Gasteiger charge is 2.10. The first-order valence-electron chi connectivity index (χ1n) is 6.01. The summed E-state index contributed by atoms with van der Waals surface area (Å²) in [6.45, 7) is 0. The molecule has 100 valence electrons. The quantitative estimate of drug-likeness (QED) is 0.776. The molecule has 0 bridgehead atoms. The van der Waals surface area contributed by atoms with Crippen LogP contribution in [0.2, 0.25) is 5.02 Å². The van der Waals surface area contributed by atoms with Crippen molar-refractivity contribution >= 4 is 17.4 Å². The molecule has 0 fully saturated rings. The van der Waals surface area contributed by atoms with E-state index in [9.17, 15) is 4.39 Å². The Hall–Kier alpha value is -2.33. The maximum atomic E-state index is 13.2. The molecule has 0 aliphatic carbocycles. The van der Waals surface area contributed by atoms with E-state index < -0.39 is 5.82 Å². The minimum absolute atomic E-state index is 0.0404. The molecule has 0 saturated heterocycles. The van der Waals surface area contributed by atoms with Crippen LogP contribution in [-0.2, 0) is 0 Å². The predicted octanol–water partition coefficient (Wildman–Crippen LogP) is 3.91. The highest BCUT2D eigenvalue weighted by Crippen LogP contribution is 2.25. The summed E-state index contributed by atoms with van der Waals surface area (Å²) in [6.07, 6.45) is 0. The maximum absolute atomic E-state index is 13.2. The number of aromatic nitrogens is 2. The van der Waals surface area contributed by atoms with E-state index in [-0.39, 0.29) is 5.02 Å². The summed E-state index contributed by atoms with van der Waals surface area (Å²) in [5.74, 6) is -0.00375. The molecule has 5 heteroatoms. The van der Waals surface area contributed by atoms with Crippen molar-refractivity contribution in [3.8, 4) is 16.9 Å². The standard InChI is InChI=1S/C15H11ClFN3/c16-12-8-11(6-7-13(12)17)20-15(18)9-14(19-20)10-4-2-1-3-5-10/h1-9H,18H2. The Labute approximate surface area is 120 Å². The van der Waals surface area contributed by atoms with Crippen LogP contribution in [0.25, 0.3) is 16.9 Å².